The Kier molecular flexibility index (Phi) is 8.68. The first-order valence-corrected chi connectivity index (χ1v) is 9.07. The minimum absolute atomic E-state index is 0. The first kappa shape index (κ1) is 20.4. The molecule has 0 saturated heterocycles. The van der Waals surface area contributed by atoms with Crippen LogP contribution >= 0.6 is 11.8 Å². The van der Waals surface area contributed by atoms with Gasteiger partial charge in [-0.05, 0) is 29.9 Å². The Morgan fingerprint density at radius 2 is 1.71 bits per heavy atom. The van der Waals surface area contributed by atoms with Gasteiger partial charge >= 0.3 is 12.1 Å². The molecule has 0 aliphatic heterocycles. The van der Waals surface area contributed by atoms with Gasteiger partial charge in [0.2, 0.25) is 0 Å². The highest BCUT2D eigenvalue weighted by molar-refractivity contribution is 8.00. The molecule has 0 bridgehead atoms. The molecule has 6 heteroatoms. The number of carbonyl (C=O) groups is 2. The molecular weight excluding hydrogens is 326 g/mol. The number of ether oxygens (including phenoxy) is 2. The van der Waals surface area contributed by atoms with Gasteiger partial charge in [0, 0.05) is 12.4 Å². The molecule has 0 spiro atoms. The molecule has 0 radical (unpaired) electrons. The van der Waals surface area contributed by atoms with E-state index >= 15 is 0 Å². The molecule has 1 N–H and O–H groups in total. The molecule has 0 heterocycles. The zero-order valence-electron chi connectivity index (χ0n) is 15.0. The number of rotatable bonds is 8. The highest BCUT2D eigenvalue weighted by atomic mass is 32.2. The van der Waals surface area contributed by atoms with Gasteiger partial charge in [-0.15, -0.1) is 0 Å². The molecule has 136 valence electrons. The molecule has 1 amide bonds. The maximum absolute atomic E-state index is 11.8. The van der Waals surface area contributed by atoms with Crippen molar-refractivity contribution in [2.24, 2.45) is 5.92 Å². The van der Waals surface area contributed by atoms with E-state index in [0.29, 0.717) is 17.5 Å². The Balaban J connectivity index is 0.00000576. The summed E-state index contributed by atoms with van der Waals surface area (Å²) in [5.74, 6) is -0.369. The van der Waals surface area contributed by atoms with E-state index in [-0.39, 0.29) is 25.2 Å². The van der Waals surface area contributed by atoms with Crippen molar-refractivity contribution in [2.45, 2.75) is 51.7 Å². The molecular formula is C18H29NO4S. The van der Waals surface area contributed by atoms with Crippen LogP contribution in [0.1, 0.15) is 41.6 Å². The monoisotopic (exact) mass is 355 g/mol. The van der Waals surface area contributed by atoms with Crippen LogP contribution in [0.25, 0.3) is 0 Å². The Hall–Kier alpha value is -1.69. The fourth-order valence-corrected chi connectivity index (χ4v) is 2.93. The van der Waals surface area contributed by atoms with Gasteiger partial charge in [0.15, 0.2) is 0 Å². The van der Waals surface area contributed by atoms with E-state index in [1.165, 1.54) is 0 Å². The molecule has 1 rings (SSSR count). The van der Waals surface area contributed by atoms with Crippen molar-refractivity contribution in [3.8, 4) is 0 Å². The van der Waals surface area contributed by atoms with Crippen LogP contribution in [0, 0.1) is 5.92 Å². The van der Waals surface area contributed by atoms with Crippen LogP contribution in [-0.4, -0.2) is 29.2 Å². The molecule has 0 aliphatic carbocycles. The summed E-state index contributed by atoms with van der Waals surface area (Å²) in [4.78, 5) is 23.2. The zero-order valence-corrected chi connectivity index (χ0v) is 15.8. The molecule has 0 saturated carbocycles. The van der Waals surface area contributed by atoms with E-state index in [4.69, 9.17) is 9.47 Å². The van der Waals surface area contributed by atoms with E-state index in [0.717, 1.165) is 5.56 Å². The summed E-state index contributed by atoms with van der Waals surface area (Å²) in [5.41, 5.74) is 1.51. The second-order valence-corrected chi connectivity index (χ2v) is 8.20. The summed E-state index contributed by atoms with van der Waals surface area (Å²) in [6.45, 7) is 10.4. The number of hydrogen-bond donors (Lipinski definition) is 1. The van der Waals surface area contributed by atoms with Crippen LogP contribution in [0.5, 0.6) is 0 Å². The number of nitrogens with one attached hydrogen (secondary N) is 1. The van der Waals surface area contributed by atoms with E-state index < -0.39 is 6.09 Å². The predicted molar refractivity (Wildman–Crippen MR) is 100 cm³/mol. The van der Waals surface area contributed by atoms with Crippen molar-refractivity contribution in [2.75, 3.05) is 11.9 Å². The molecule has 5 nitrogen and oxygen atoms in total. The van der Waals surface area contributed by atoms with Gasteiger partial charge in [-0.3, -0.25) is 10.1 Å². The van der Waals surface area contributed by atoms with Gasteiger partial charge in [0.1, 0.15) is 13.2 Å². The van der Waals surface area contributed by atoms with Gasteiger partial charge in [0.25, 0.3) is 0 Å². The Morgan fingerprint density at radius 3 is 2.25 bits per heavy atom. The van der Waals surface area contributed by atoms with E-state index in [1.807, 2.05) is 6.92 Å². The predicted octanol–water partition coefficient (Wildman–Crippen LogP) is 4.71. The first-order chi connectivity index (χ1) is 11.3. The smallest absolute Gasteiger partial charge is 0.411 e. The van der Waals surface area contributed by atoms with Crippen LogP contribution in [-0.2, 0) is 20.9 Å². The van der Waals surface area contributed by atoms with E-state index in [9.17, 15) is 9.59 Å². The molecule has 0 fully saturated rings. The quantitative estimate of drug-likeness (QED) is 0.684. The lowest BCUT2D eigenvalue weighted by molar-refractivity contribution is -0.148. The third kappa shape index (κ3) is 8.24. The summed E-state index contributed by atoms with van der Waals surface area (Å²) in [6, 6.07) is 7.12. The molecule has 0 aliphatic rings. The van der Waals surface area contributed by atoms with Crippen LogP contribution in [0.15, 0.2) is 24.3 Å². The van der Waals surface area contributed by atoms with Crippen LogP contribution in [0.2, 0.25) is 0 Å². The van der Waals surface area contributed by atoms with E-state index in [1.54, 1.807) is 49.9 Å². The minimum Gasteiger partial charge on any atom is -0.461 e. The fraction of sp³-hybridized carbons (Fsp3) is 0.556. The number of thioether (sulfide) groups is 1. The van der Waals surface area contributed by atoms with Crippen molar-refractivity contribution >= 4 is 29.5 Å². The third-order valence-corrected chi connectivity index (χ3v) is 4.15. The van der Waals surface area contributed by atoms with Gasteiger partial charge in [-0.1, -0.05) is 39.8 Å². The third-order valence-electron chi connectivity index (χ3n) is 3.01. The summed E-state index contributed by atoms with van der Waals surface area (Å²) in [6.07, 6.45) is -0.467. The fourth-order valence-electron chi connectivity index (χ4n) is 1.86. The largest absolute Gasteiger partial charge is 0.461 e. The lowest BCUT2D eigenvalue weighted by Gasteiger charge is -2.14. The van der Waals surface area contributed by atoms with Crippen molar-refractivity contribution in [1.82, 2.24) is 0 Å². The minimum atomic E-state index is -0.467. The van der Waals surface area contributed by atoms with Crippen molar-refractivity contribution < 1.29 is 20.5 Å². The van der Waals surface area contributed by atoms with Crippen LogP contribution < -0.4 is 5.32 Å². The van der Waals surface area contributed by atoms with Gasteiger partial charge < -0.3 is 9.47 Å². The lowest BCUT2D eigenvalue weighted by Crippen LogP contribution is -2.19. The molecule has 0 aromatic heterocycles. The van der Waals surface area contributed by atoms with Crippen molar-refractivity contribution in [1.29, 1.82) is 0 Å². The van der Waals surface area contributed by atoms with E-state index in [2.05, 4.69) is 19.2 Å². The van der Waals surface area contributed by atoms with Crippen molar-refractivity contribution in [3.63, 3.8) is 0 Å². The standard InChI is InChI=1S/C18H27NO4S.H2/c1-12(2)17(20)22-11-15-6-8-16(9-7-15)19-18(21)23-10-14(5)24-13(3)4;/h6-9,12-14H,10-11H2,1-5H3,(H,19,21);1H. The normalized spacial score (nSPS) is 12.1. The average molecular weight is 356 g/mol. The summed E-state index contributed by atoms with van der Waals surface area (Å²) >= 11 is 1.77. The maximum Gasteiger partial charge on any atom is 0.411 e. The van der Waals surface area contributed by atoms with Crippen LogP contribution in [0.3, 0.4) is 0 Å². The number of carbonyl (C=O) groups excluding carboxylic acids is 2. The second kappa shape index (κ2) is 10.2. The number of esters is 1. The van der Waals surface area contributed by atoms with Gasteiger partial charge in [-0.25, -0.2) is 4.79 Å². The number of benzene rings is 1. The lowest BCUT2D eigenvalue weighted by atomic mass is 10.2. The van der Waals surface area contributed by atoms with Gasteiger partial charge in [-0.2, -0.15) is 11.8 Å². The molecule has 1 unspecified atom stereocenters. The molecule has 1 atom stereocenters. The Bertz CT molecular complexity index is 534. The number of amides is 1. The number of hydrogen-bond acceptors (Lipinski definition) is 5. The summed E-state index contributed by atoms with van der Waals surface area (Å²) in [5, 5.41) is 3.44. The highest BCUT2D eigenvalue weighted by Crippen LogP contribution is 2.17. The molecule has 1 aromatic carbocycles. The number of anilines is 1. The SMILES string of the molecule is CC(C)SC(C)COC(=O)Nc1ccc(COC(=O)C(C)C)cc1.[HH]. The molecule has 24 heavy (non-hydrogen) atoms. The summed E-state index contributed by atoms with van der Waals surface area (Å²) in [7, 11) is 0. The Morgan fingerprint density at radius 1 is 1.08 bits per heavy atom. The van der Waals surface area contributed by atoms with Gasteiger partial charge in [0.05, 0.1) is 5.92 Å². The van der Waals surface area contributed by atoms with Crippen LogP contribution in [0.4, 0.5) is 10.5 Å². The second-order valence-electron chi connectivity index (χ2n) is 6.18. The Labute approximate surface area is 150 Å². The topological polar surface area (TPSA) is 64.6 Å². The maximum atomic E-state index is 11.8. The average Bonchev–Trinajstić information content (AvgIpc) is 2.51. The highest BCUT2D eigenvalue weighted by Gasteiger charge is 2.10. The summed E-state index contributed by atoms with van der Waals surface area (Å²) < 4.78 is 10.4. The first-order valence-electron chi connectivity index (χ1n) is 8.12. The molecule has 1 aromatic rings. The van der Waals surface area contributed by atoms with Crippen molar-refractivity contribution in [3.05, 3.63) is 29.8 Å². The zero-order chi connectivity index (χ0) is 18.1.